The average molecular weight is 552 g/mol. The smallest absolute Gasteiger partial charge is 0.266 e. The third kappa shape index (κ3) is 5.88. The normalized spacial score (nSPS) is 14.4. The van der Waals surface area contributed by atoms with Crippen LogP contribution in [0.3, 0.4) is 0 Å². The number of anilines is 1. The van der Waals surface area contributed by atoms with Crippen LogP contribution in [-0.4, -0.2) is 41.5 Å². The molecule has 40 heavy (non-hydrogen) atoms. The highest BCUT2D eigenvalue weighted by Crippen LogP contribution is 2.29. The van der Waals surface area contributed by atoms with E-state index >= 15 is 0 Å². The highest BCUT2D eigenvalue weighted by atomic mass is 32.2. The zero-order valence-electron chi connectivity index (χ0n) is 22.1. The number of rotatable bonds is 7. The number of carbonyl (C=O) groups is 1. The van der Waals surface area contributed by atoms with Gasteiger partial charge in [-0.1, -0.05) is 54.4 Å². The van der Waals surface area contributed by atoms with E-state index in [4.69, 9.17) is 5.10 Å². The topological polar surface area (TPSA) is 108 Å². The van der Waals surface area contributed by atoms with E-state index in [0.717, 1.165) is 30.5 Å². The summed E-state index contributed by atoms with van der Waals surface area (Å²) in [7, 11) is -3.66. The number of para-hydroxylation sites is 1. The molecule has 1 fully saturated rings. The van der Waals surface area contributed by atoms with Crippen LogP contribution in [0.25, 0.3) is 23.0 Å². The van der Waals surface area contributed by atoms with Crippen molar-refractivity contribution in [2.75, 3.05) is 18.4 Å². The third-order valence-electron chi connectivity index (χ3n) is 6.80. The molecular formula is C31H29N5O3S. The summed E-state index contributed by atoms with van der Waals surface area (Å²) >= 11 is 0. The molecule has 1 aromatic heterocycles. The Bertz CT molecular complexity index is 1700. The van der Waals surface area contributed by atoms with Gasteiger partial charge in [0, 0.05) is 36.1 Å². The Hall–Kier alpha value is -4.52. The van der Waals surface area contributed by atoms with Crippen molar-refractivity contribution in [2.45, 2.75) is 31.1 Å². The number of nitriles is 1. The van der Waals surface area contributed by atoms with Crippen LogP contribution in [0.15, 0.2) is 95.5 Å². The van der Waals surface area contributed by atoms with Gasteiger partial charge in [-0.25, -0.2) is 13.1 Å². The molecule has 0 saturated carbocycles. The maximum atomic E-state index is 13.4. The van der Waals surface area contributed by atoms with Crippen LogP contribution in [0.5, 0.6) is 0 Å². The van der Waals surface area contributed by atoms with E-state index in [2.05, 4.69) is 5.32 Å². The van der Waals surface area contributed by atoms with Gasteiger partial charge >= 0.3 is 0 Å². The van der Waals surface area contributed by atoms with E-state index in [9.17, 15) is 18.5 Å². The first-order valence-corrected chi connectivity index (χ1v) is 14.5. The second kappa shape index (κ2) is 11.7. The van der Waals surface area contributed by atoms with Crippen molar-refractivity contribution in [3.8, 4) is 23.0 Å². The lowest BCUT2D eigenvalue weighted by Gasteiger charge is -2.26. The van der Waals surface area contributed by atoms with E-state index in [1.807, 2.05) is 55.5 Å². The summed E-state index contributed by atoms with van der Waals surface area (Å²) in [5, 5.41) is 17.4. The van der Waals surface area contributed by atoms with E-state index in [0.29, 0.717) is 35.6 Å². The van der Waals surface area contributed by atoms with Crippen LogP contribution in [-0.2, 0) is 14.8 Å². The first-order valence-electron chi connectivity index (χ1n) is 13.1. The van der Waals surface area contributed by atoms with Gasteiger partial charge in [-0.3, -0.25) is 4.79 Å². The standard InChI is InChI=1S/C31H29N5O3S/c1-23-13-15-27(16-14-23)33-31(37)25(21-32)19-26-22-36(28-10-4-2-5-11-28)34-30(26)24-9-8-12-29(20-24)40(38,39)35-17-6-3-7-18-35/h2,4-5,8-16,19-20,22H,3,6-7,17-18H2,1H3,(H,33,37). The molecule has 0 aliphatic carbocycles. The zero-order valence-corrected chi connectivity index (χ0v) is 22.9. The summed E-state index contributed by atoms with van der Waals surface area (Å²) in [6.07, 6.45) is 5.93. The van der Waals surface area contributed by atoms with Crippen LogP contribution in [0.1, 0.15) is 30.4 Å². The molecule has 0 bridgehead atoms. The summed E-state index contributed by atoms with van der Waals surface area (Å²) in [6.45, 7) is 2.96. The zero-order chi connectivity index (χ0) is 28.1. The summed E-state index contributed by atoms with van der Waals surface area (Å²) in [6, 6.07) is 25.4. The van der Waals surface area contributed by atoms with Gasteiger partial charge in [-0.2, -0.15) is 14.7 Å². The Kier molecular flexibility index (Phi) is 7.91. The van der Waals surface area contributed by atoms with Gasteiger partial charge in [-0.05, 0) is 62.2 Å². The molecule has 8 nitrogen and oxygen atoms in total. The maximum Gasteiger partial charge on any atom is 0.266 e. The number of piperidine rings is 1. The molecule has 5 rings (SSSR count). The second-order valence-electron chi connectivity index (χ2n) is 9.70. The van der Waals surface area contributed by atoms with E-state index < -0.39 is 15.9 Å². The number of carbonyl (C=O) groups excluding carboxylic acids is 1. The Morgan fingerprint density at radius 3 is 2.40 bits per heavy atom. The lowest BCUT2D eigenvalue weighted by Crippen LogP contribution is -2.35. The number of nitrogens with one attached hydrogen (secondary N) is 1. The Labute approximate surface area is 234 Å². The number of sulfonamides is 1. The van der Waals surface area contributed by atoms with Crippen LogP contribution in [0.4, 0.5) is 5.69 Å². The van der Waals surface area contributed by atoms with Crippen molar-refractivity contribution in [1.29, 1.82) is 5.26 Å². The molecule has 2 heterocycles. The van der Waals surface area contributed by atoms with Crippen molar-refractivity contribution >= 4 is 27.7 Å². The summed E-state index contributed by atoms with van der Waals surface area (Å²) in [4.78, 5) is 13.2. The number of hydrogen-bond donors (Lipinski definition) is 1. The SMILES string of the molecule is Cc1ccc(NC(=O)C(C#N)=Cc2cn(-c3ccccc3)nc2-c2cccc(S(=O)(=O)N3CCCCC3)c2)cc1. The fourth-order valence-corrected chi connectivity index (χ4v) is 6.19. The van der Waals surface area contributed by atoms with Gasteiger partial charge in [0.15, 0.2) is 0 Å². The minimum atomic E-state index is -3.66. The quantitative estimate of drug-likeness (QED) is 0.239. The summed E-state index contributed by atoms with van der Waals surface area (Å²) in [5.74, 6) is -0.550. The highest BCUT2D eigenvalue weighted by Gasteiger charge is 2.26. The van der Waals surface area contributed by atoms with Gasteiger partial charge in [-0.15, -0.1) is 0 Å². The minimum Gasteiger partial charge on any atom is -0.321 e. The number of aromatic nitrogens is 2. The van der Waals surface area contributed by atoms with E-state index in [-0.39, 0.29) is 10.5 Å². The molecule has 4 aromatic rings. The molecule has 0 spiro atoms. The number of aryl methyl sites for hydroxylation is 1. The third-order valence-corrected chi connectivity index (χ3v) is 8.69. The van der Waals surface area contributed by atoms with Gasteiger partial charge in [0.05, 0.1) is 10.6 Å². The predicted molar refractivity (Wildman–Crippen MR) is 155 cm³/mol. The van der Waals surface area contributed by atoms with E-state index in [1.54, 1.807) is 47.3 Å². The lowest BCUT2D eigenvalue weighted by molar-refractivity contribution is -0.112. The van der Waals surface area contributed by atoms with Crippen molar-refractivity contribution < 1.29 is 13.2 Å². The molecule has 0 unspecified atom stereocenters. The first-order chi connectivity index (χ1) is 19.3. The monoisotopic (exact) mass is 551 g/mol. The summed E-state index contributed by atoms with van der Waals surface area (Å²) in [5.41, 5.74) is 3.83. The molecule has 1 aliphatic heterocycles. The molecule has 0 radical (unpaired) electrons. The first kappa shape index (κ1) is 27.1. The largest absolute Gasteiger partial charge is 0.321 e. The van der Waals surface area contributed by atoms with Gasteiger partial charge < -0.3 is 5.32 Å². The molecule has 3 aromatic carbocycles. The van der Waals surface area contributed by atoms with Crippen molar-refractivity contribution in [2.24, 2.45) is 0 Å². The van der Waals surface area contributed by atoms with Crippen LogP contribution in [0.2, 0.25) is 0 Å². The minimum absolute atomic E-state index is 0.105. The summed E-state index contributed by atoms with van der Waals surface area (Å²) < 4.78 is 29.9. The molecule has 1 N–H and O–H groups in total. The van der Waals surface area contributed by atoms with Crippen LogP contribution >= 0.6 is 0 Å². The number of hydrogen-bond acceptors (Lipinski definition) is 5. The van der Waals surface area contributed by atoms with E-state index in [1.165, 1.54) is 10.4 Å². The number of amides is 1. The lowest BCUT2D eigenvalue weighted by atomic mass is 10.1. The van der Waals surface area contributed by atoms with Crippen molar-refractivity contribution in [3.63, 3.8) is 0 Å². The average Bonchev–Trinajstić information content (AvgIpc) is 3.42. The van der Waals surface area contributed by atoms with Gasteiger partial charge in [0.25, 0.3) is 5.91 Å². The number of nitrogens with zero attached hydrogens (tertiary/aromatic N) is 4. The Morgan fingerprint density at radius 2 is 1.70 bits per heavy atom. The van der Waals surface area contributed by atoms with Gasteiger partial charge in [0.1, 0.15) is 17.3 Å². The molecule has 0 atom stereocenters. The molecule has 1 aliphatic rings. The van der Waals surface area contributed by atoms with Crippen LogP contribution < -0.4 is 5.32 Å². The van der Waals surface area contributed by atoms with Gasteiger partial charge in [0.2, 0.25) is 10.0 Å². The highest BCUT2D eigenvalue weighted by molar-refractivity contribution is 7.89. The fourth-order valence-electron chi connectivity index (χ4n) is 4.63. The fraction of sp³-hybridized carbons (Fsp3) is 0.194. The Balaban J connectivity index is 1.55. The molecule has 9 heteroatoms. The maximum absolute atomic E-state index is 13.4. The predicted octanol–water partition coefficient (Wildman–Crippen LogP) is 5.57. The Morgan fingerprint density at radius 1 is 0.975 bits per heavy atom. The number of benzene rings is 3. The second-order valence-corrected chi connectivity index (χ2v) is 11.6. The van der Waals surface area contributed by atoms with Crippen LogP contribution in [0, 0.1) is 18.3 Å². The molecule has 1 saturated heterocycles. The molecule has 1 amide bonds. The molecule has 202 valence electrons. The molecular weight excluding hydrogens is 522 g/mol. The van der Waals surface area contributed by atoms with Crippen molar-refractivity contribution in [1.82, 2.24) is 14.1 Å². The van der Waals surface area contributed by atoms with Crippen molar-refractivity contribution in [3.05, 3.63) is 102 Å².